The van der Waals surface area contributed by atoms with E-state index >= 15 is 0 Å². The Morgan fingerprint density at radius 1 is 0.381 bits per heavy atom. The molecular weight excluding hydrogens is 765 g/mol. The van der Waals surface area contributed by atoms with E-state index in [2.05, 4.69) is 4.98 Å². The van der Waals surface area contributed by atoms with Crippen LogP contribution < -0.4 is 0 Å². The van der Waals surface area contributed by atoms with Gasteiger partial charge in [-0.1, -0.05) is 187 Å². The summed E-state index contributed by atoms with van der Waals surface area (Å²) in [5, 5.41) is -3.23. The van der Waals surface area contributed by atoms with Crippen molar-refractivity contribution < 1.29 is 45.5 Å². The van der Waals surface area contributed by atoms with Crippen LogP contribution in [0.5, 0.6) is 0 Å². The number of aromatic nitrogens is 2. The first-order valence-corrected chi connectivity index (χ1v) is 19.0. The van der Waals surface area contributed by atoms with Crippen LogP contribution in [0, 0.1) is 0 Å². The monoisotopic (exact) mass is 830 g/mol. The minimum atomic E-state index is -1.07. The molecule has 0 saturated heterocycles. The third-order valence-corrected chi connectivity index (χ3v) is 10.7. The fourth-order valence-electron chi connectivity index (χ4n) is 8.00. The van der Waals surface area contributed by atoms with E-state index in [0.717, 1.165) is 0 Å². The van der Waals surface area contributed by atoms with Crippen LogP contribution in [0.25, 0.3) is 132 Å². The molecule has 0 N–H and O–H groups in total. The maximum absolute atomic E-state index is 10.3. The molecule has 0 saturated carbocycles. The molecule has 3 heterocycles. The average molecular weight is 831 g/mol. The van der Waals surface area contributed by atoms with Crippen molar-refractivity contribution in [3.8, 4) is 67.3 Å². The Kier molecular flexibility index (Phi) is 3.76. The van der Waals surface area contributed by atoms with Crippen molar-refractivity contribution in [3.63, 3.8) is 0 Å². The minimum Gasteiger partial charge on any atom is -0.455 e. The molecule has 13 rings (SSSR count). The average Bonchev–Trinajstić information content (AvgIpc) is 1.63. The van der Waals surface area contributed by atoms with Gasteiger partial charge >= 0.3 is 0 Å². The third-order valence-electron chi connectivity index (χ3n) is 10.7. The molecule has 292 valence electrons. The topological polar surface area (TPSA) is 38.9 Å². The van der Waals surface area contributed by atoms with E-state index in [9.17, 15) is 19.2 Å². The summed E-state index contributed by atoms with van der Waals surface area (Å²) < 4.78 is 281. The third kappa shape index (κ3) is 5.60. The van der Waals surface area contributed by atoms with Gasteiger partial charge in [0.15, 0.2) is 0 Å². The summed E-state index contributed by atoms with van der Waals surface area (Å²) in [7, 11) is 0. The number of hydrogen-bond acceptors (Lipinski definition) is 3. The van der Waals surface area contributed by atoms with E-state index in [1.807, 2.05) is 0 Å². The lowest BCUT2D eigenvalue weighted by Gasteiger charge is -2.14. The van der Waals surface area contributed by atoms with Crippen molar-refractivity contribution in [3.05, 3.63) is 218 Å². The molecule has 0 aliphatic rings. The Labute approximate surface area is 405 Å². The summed E-state index contributed by atoms with van der Waals surface area (Å²) in [6.07, 6.45) is -0.670. The quantitative estimate of drug-likeness (QED) is 0.157. The van der Waals surface area contributed by atoms with Gasteiger partial charge in [-0.2, -0.15) is 0 Å². The van der Waals surface area contributed by atoms with E-state index in [1.54, 1.807) is 6.07 Å². The summed E-state index contributed by atoms with van der Waals surface area (Å²) >= 11 is 0. The number of furan rings is 1. The van der Waals surface area contributed by atoms with Crippen LogP contribution in [0.3, 0.4) is 0 Å². The van der Waals surface area contributed by atoms with Gasteiger partial charge in [-0.15, -0.1) is 0 Å². The smallest absolute Gasteiger partial charge is 0.143 e. The highest BCUT2D eigenvalue weighted by Crippen LogP contribution is 2.51. The zero-order chi connectivity index (χ0) is 67.5. The number of pyridine rings is 2. The second-order valence-electron chi connectivity index (χ2n) is 14.1. The lowest BCUT2D eigenvalue weighted by molar-refractivity contribution is 0.599. The SMILES string of the molecule is [2H]c1nc2c(c([2H])c1[2H])c([2H])c([2H])c1c([2H])c([2H])c(-c3ccc(-c4c([2H])c([2H])c([2H])c(-c5oc(-c6c([2H])c([2H])c7c([2H])c([2H])c8c([2H])c([2H])c([2H])c9c([2H])c([2H])c6c7c89)c(-c6c([2H])c([2H])c([2H])c([2H])c6[2H])c5-c5c([2H])c([2H])c([2H])c([2H])c5[2H])c4[2H])c4ccccc34)nc12. The molecule has 0 fully saturated rings. The van der Waals surface area contributed by atoms with Crippen LogP contribution >= 0.6 is 0 Å². The largest absolute Gasteiger partial charge is 0.455 e. The van der Waals surface area contributed by atoms with Crippen molar-refractivity contribution in [1.82, 2.24) is 9.97 Å². The molecule has 13 aromatic rings. The summed E-state index contributed by atoms with van der Waals surface area (Å²) in [6.45, 7) is 0. The highest BCUT2D eigenvalue weighted by atomic mass is 16.3. The van der Waals surface area contributed by atoms with Gasteiger partial charge in [0, 0.05) is 44.8 Å². The lowest BCUT2D eigenvalue weighted by Crippen LogP contribution is -1.91. The van der Waals surface area contributed by atoms with Crippen LogP contribution in [0.15, 0.2) is 222 Å². The predicted octanol–water partition coefficient (Wildman–Crippen LogP) is 16.4. The van der Waals surface area contributed by atoms with Gasteiger partial charge in [0.05, 0.1) is 57.9 Å². The summed E-state index contributed by atoms with van der Waals surface area (Å²) in [6, 6.07) is -16.5. The molecule has 3 nitrogen and oxygen atoms in total. The molecule has 0 atom stereocenters. The molecule has 0 amide bonds. The molecule has 0 aliphatic heterocycles. The zero-order valence-corrected chi connectivity index (χ0v) is 31.8. The number of nitrogens with zero attached hydrogens (tertiary/aromatic N) is 2. The normalized spacial score (nSPS) is 18.5. The Balaban J connectivity index is 1.21. The van der Waals surface area contributed by atoms with Gasteiger partial charge in [-0.25, -0.2) is 4.98 Å². The molecule has 10 aromatic carbocycles. The van der Waals surface area contributed by atoms with Gasteiger partial charge in [-0.3, -0.25) is 4.98 Å². The number of benzene rings is 10. The number of rotatable bonds is 6. The maximum atomic E-state index is 10.3. The van der Waals surface area contributed by atoms with Gasteiger partial charge < -0.3 is 4.42 Å². The van der Waals surface area contributed by atoms with Crippen LogP contribution in [0.1, 0.15) is 41.1 Å². The molecule has 0 unspecified atom stereocenters. The Morgan fingerprint density at radius 3 is 1.73 bits per heavy atom. The Bertz CT molecular complexity index is 5620. The number of hydrogen-bond donors (Lipinski definition) is 0. The lowest BCUT2D eigenvalue weighted by atomic mass is 9.88. The zero-order valence-electron chi connectivity index (χ0n) is 61.8. The molecule has 0 radical (unpaired) electrons. The van der Waals surface area contributed by atoms with Crippen LogP contribution in [0.4, 0.5) is 0 Å². The Hall–Kier alpha value is -8.40. The van der Waals surface area contributed by atoms with Gasteiger partial charge in [0.25, 0.3) is 0 Å². The van der Waals surface area contributed by atoms with Gasteiger partial charge in [-0.05, 0) is 89.5 Å². The van der Waals surface area contributed by atoms with E-state index in [0.29, 0.717) is 0 Å². The fourth-order valence-corrected chi connectivity index (χ4v) is 8.00. The first-order valence-electron chi connectivity index (χ1n) is 34.0. The maximum Gasteiger partial charge on any atom is 0.143 e. The minimum absolute atomic E-state index is 0.0706. The molecule has 0 spiro atoms. The van der Waals surface area contributed by atoms with Crippen molar-refractivity contribution in [2.24, 2.45) is 0 Å². The fraction of sp³-hybridized carbons (Fsp3) is 0. The van der Waals surface area contributed by atoms with Crippen molar-refractivity contribution in [2.75, 3.05) is 0 Å². The van der Waals surface area contributed by atoms with Crippen molar-refractivity contribution in [2.45, 2.75) is 0 Å². The standard InChI is InChI=1S/C60H36N2O/c1-3-12-37(13-4-1)55-56(38-14-5-2-6-15-38)60(51-31-28-41-24-23-39-16-9-17-40-27-30-50(51)54(41)53(39)40)63-59(55)45-19-10-18-44(36-45)46-32-33-49(48-22-8-7-21-47(46)48)52-34-29-43-26-25-42-20-11-35-61-57(42)58(43)62-52/h1-36H/i1D,2D,3D,4D,5D,6D,9D,10D,11D,12D,13D,14D,15D,16D,17D,18D,19D,20D,23D,24D,25D,26D,27D,28D,29D,30D,31D,34D,35D,36D. The molecule has 3 heteroatoms. The van der Waals surface area contributed by atoms with Gasteiger partial charge in [0.2, 0.25) is 0 Å². The highest BCUT2D eigenvalue weighted by Gasteiger charge is 2.27. The predicted molar refractivity (Wildman–Crippen MR) is 263 cm³/mol. The first-order chi connectivity index (χ1) is 43.7. The summed E-state index contributed by atoms with van der Waals surface area (Å²) in [5.74, 6) is -1.92. The second-order valence-corrected chi connectivity index (χ2v) is 14.1. The second kappa shape index (κ2) is 14.1. The first kappa shape index (κ1) is 16.8. The molecule has 0 bridgehead atoms. The van der Waals surface area contributed by atoms with Crippen molar-refractivity contribution >= 4 is 64.9 Å². The van der Waals surface area contributed by atoms with E-state index in [-0.39, 0.29) is 54.8 Å². The molecule has 63 heavy (non-hydrogen) atoms. The molecule has 3 aromatic heterocycles. The van der Waals surface area contributed by atoms with E-state index < -0.39 is 259 Å². The highest BCUT2D eigenvalue weighted by molar-refractivity contribution is 6.26. The summed E-state index contributed by atoms with van der Waals surface area (Å²) in [5.41, 5.74) is -6.42. The summed E-state index contributed by atoms with van der Waals surface area (Å²) in [4.78, 5) is 8.83. The van der Waals surface area contributed by atoms with Crippen LogP contribution in [0.2, 0.25) is 0 Å². The van der Waals surface area contributed by atoms with E-state index in [1.165, 1.54) is 30.3 Å². The number of fused-ring (bicyclic) bond motifs is 4. The molecular formula is C60H36N2O. The van der Waals surface area contributed by atoms with Crippen LogP contribution in [-0.4, -0.2) is 9.97 Å². The van der Waals surface area contributed by atoms with E-state index in [4.69, 9.17) is 31.3 Å². The molecule has 0 aliphatic carbocycles. The van der Waals surface area contributed by atoms with Gasteiger partial charge in [0.1, 0.15) is 11.5 Å². The Morgan fingerprint density at radius 2 is 0.952 bits per heavy atom. The van der Waals surface area contributed by atoms with Crippen molar-refractivity contribution in [1.29, 1.82) is 0 Å². The van der Waals surface area contributed by atoms with Crippen LogP contribution in [-0.2, 0) is 0 Å².